The molecule has 0 heterocycles. The molecule has 0 aromatic heterocycles. The van der Waals surface area contributed by atoms with Crippen molar-refractivity contribution in [2.24, 2.45) is 5.73 Å². The molecule has 3 heteroatoms. The van der Waals surface area contributed by atoms with Gasteiger partial charge in [-0.3, -0.25) is 0 Å². The predicted octanol–water partition coefficient (Wildman–Crippen LogP) is 3.19. The minimum absolute atomic E-state index is 0.829. The Kier molecular flexibility index (Phi) is 7.18. The van der Waals surface area contributed by atoms with Crippen molar-refractivity contribution < 1.29 is 0 Å². The van der Waals surface area contributed by atoms with Gasteiger partial charge in [0.25, 0.3) is 0 Å². The Morgan fingerprint density at radius 1 is 1.23 bits per heavy atom. The Labute approximate surface area is 88.9 Å². The van der Waals surface area contributed by atoms with Gasteiger partial charge in [0, 0.05) is 20.4 Å². The van der Waals surface area contributed by atoms with Crippen LogP contribution in [0.5, 0.6) is 0 Å². The second kappa shape index (κ2) is 6.90. The van der Waals surface area contributed by atoms with Gasteiger partial charge in [0.1, 0.15) is 0 Å². The van der Waals surface area contributed by atoms with E-state index in [9.17, 15) is 0 Å². The summed E-state index contributed by atoms with van der Waals surface area (Å²) in [5, 5.41) is 0. The second-order valence-electron chi connectivity index (χ2n) is 4.65. The Morgan fingerprint density at radius 2 is 1.85 bits per heavy atom. The van der Waals surface area contributed by atoms with Crippen LogP contribution in [0.25, 0.3) is 0 Å². The lowest BCUT2D eigenvalue weighted by molar-refractivity contribution is 0.949. The highest BCUT2D eigenvalue weighted by Crippen LogP contribution is 2.26. The van der Waals surface area contributed by atoms with Crippen molar-refractivity contribution in [3.05, 3.63) is 0 Å². The van der Waals surface area contributed by atoms with Gasteiger partial charge < -0.3 is 5.73 Å². The van der Waals surface area contributed by atoms with Crippen LogP contribution in [-0.4, -0.2) is 26.1 Å². The van der Waals surface area contributed by atoms with Crippen molar-refractivity contribution in [2.75, 3.05) is 18.1 Å². The minimum Gasteiger partial charge on any atom is -0.330 e. The van der Waals surface area contributed by atoms with Crippen LogP contribution in [-0.2, 0) is 0 Å². The molecule has 2 N–H and O–H groups in total. The van der Waals surface area contributed by atoms with Crippen LogP contribution >= 0.6 is 11.8 Å². The van der Waals surface area contributed by atoms with Gasteiger partial charge in [-0.05, 0) is 12.2 Å². The van der Waals surface area contributed by atoms with Crippen LogP contribution in [0.1, 0.15) is 20.3 Å². The summed E-state index contributed by atoms with van der Waals surface area (Å²) in [6.07, 6.45) is 1.39. The molecule has 0 aromatic rings. The van der Waals surface area contributed by atoms with Crippen LogP contribution in [0.15, 0.2) is 0 Å². The van der Waals surface area contributed by atoms with E-state index in [0.717, 1.165) is 17.8 Å². The average molecular weight is 219 g/mol. The Bertz CT molecular complexity index is 126. The molecule has 0 saturated heterocycles. The first-order chi connectivity index (χ1) is 6.00. The number of thioether (sulfide) groups is 1. The SMILES string of the molecule is CC(C)[Si](C)(C)CCCSCCN. The van der Waals surface area contributed by atoms with Crippen LogP contribution in [0, 0.1) is 0 Å². The molecule has 0 aromatic carbocycles. The highest BCUT2D eigenvalue weighted by Gasteiger charge is 2.23. The Hall–Kier alpha value is 0.527. The maximum Gasteiger partial charge on any atom is 0.0499 e. The molecule has 0 fully saturated rings. The van der Waals surface area contributed by atoms with Crippen molar-refractivity contribution in [2.45, 2.75) is 44.9 Å². The summed E-state index contributed by atoms with van der Waals surface area (Å²) in [6.45, 7) is 10.6. The zero-order chi connectivity index (χ0) is 10.3. The summed E-state index contributed by atoms with van der Waals surface area (Å²) in [6, 6.07) is 1.47. The number of hydrogen-bond donors (Lipinski definition) is 1. The molecule has 0 aliphatic heterocycles. The summed E-state index contributed by atoms with van der Waals surface area (Å²) in [5.74, 6) is 2.43. The van der Waals surface area contributed by atoms with E-state index in [1.165, 1.54) is 18.2 Å². The molecule has 0 saturated carbocycles. The fourth-order valence-corrected chi connectivity index (χ4v) is 3.74. The molecule has 13 heavy (non-hydrogen) atoms. The van der Waals surface area contributed by atoms with E-state index in [2.05, 4.69) is 26.9 Å². The molecule has 0 unspecified atom stereocenters. The predicted molar refractivity (Wildman–Crippen MR) is 68.4 cm³/mol. The number of hydrogen-bond acceptors (Lipinski definition) is 2. The lowest BCUT2D eigenvalue weighted by Gasteiger charge is -2.26. The molecule has 0 aliphatic carbocycles. The van der Waals surface area contributed by atoms with Gasteiger partial charge >= 0.3 is 0 Å². The van der Waals surface area contributed by atoms with Crippen molar-refractivity contribution >= 4 is 19.8 Å². The standard InChI is InChI=1S/C10H25NSSi/c1-10(2)13(3,4)9-5-7-12-8-6-11/h10H,5-9,11H2,1-4H3. The molecular weight excluding hydrogens is 194 g/mol. The van der Waals surface area contributed by atoms with E-state index < -0.39 is 8.07 Å². The van der Waals surface area contributed by atoms with Crippen molar-refractivity contribution in [3.8, 4) is 0 Å². The van der Waals surface area contributed by atoms with E-state index in [1.807, 2.05) is 11.8 Å². The lowest BCUT2D eigenvalue weighted by Crippen LogP contribution is -2.29. The van der Waals surface area contributed by atoms with E-state index >= 15 is 0 Å². The maximum atomic E-state index is 5.43. The maximum absolute atomic E-state index is 5.43. The summed E-state index contributed by atoms with van der Waals surface area (Å²) in [4.78, 5) is 0. The Balaban J connectivity index is 3.41. The van der Waals surface area contributed by atoms with Crippen molar-refractivity contribution in [1.82, 2.24) is 0 Å². The minimum atomic E-state index is -0.885. The Morgan fingerprint density at radius 3 is 2.31 bits per heavy atom. The van der Waals surface area contributed by atoms with E-state index in [-0.39, 0.29) is 0 Å². The third-order valence-corrected chi connectivity index (χ3v) is 8.80. The summed E-state index contributed by atoms with van der Waals surface area (Å²) in [7, 11) is -0.885. The van der Waals surface area contributed by atoms with Gasteiger partial charge in [0.05, 0.1) is 0 Å². The van der Waals surface area contributed by atoms with Gasteiger partial charge in [-0.25, -0.2) is 0 Å². The van der Waals surface area contributed by atoms with Crippen LogP contribution < -0.4 is 5.73 Å². The van der Waals surface area contributed by atoms with Gasteiger partial charge in [-0.15, -0.1) is 0 Å². The first-order valence-electron chi connectivity index (χ1n) is 5.28. The first kappa shape index (κ1) is 13.5. The van der Waals surface area contributed by atoms with Crippen molar-refractivity contribution in [3.63, 3.8) is 0 Å². The van der Waals surface area contributed by atoms with Crippen LogP contribution in [0.2, 0.25) is 24.7 Å². The summed E-state index contributed by atoms with van der Waals surface area (Å²) < 4.78 is 0. The summed E-state index contributed by atoms with van der Waals surface area (Å²) in [5.41, 5.74) is 6.36. The van der Waals surface area contributed by atoms with Gasteiger partial charge in [0.15, 0.2) is 0 Å². The van der Waals surface area contributed by atoms with Gasteiger partial charge in [-0.1, -0.05) is 38.5 Å². The highest BCUT2D eigenvalue weighted by atomic mass is 32.2. The second-order valence-corrected chi connectivity index (χ2v) is 11.5. The molecule has 0 aliphatic rings. The zero-order valence-corrected chi connectivity index (χ0v) is 11.4. The molecule has 0 spiro atoms. The van der Waals surface area contributed by atoms with Crippen LogP contribution in [0.3, 0.4) is 0 Å². The molecule has 80 valence electrons. The van der Waals surface area contributed by atoms with E-state index in [4.69, 9.17) is 5.73 Å². The smallest absolute Gasteiger partial charge is 0.0499 e. The molecule has 0 atom stereocenters. The fraction of sp³-hybridized carbons (Fsp3) is 1.00. The quantitative estimate of drug-likeness (QED) is 0.526. The monoisotopic (exact) mass is 219 g/mol. The molecule has 1 nitrogen and oxygen atoms in total. The molecule has 0 rings (SSSR count). The van der Waals surface area contributed by atoms with E-state index in [0.29, 0.717) is 0 Å². The third-order valence-electron chi connectivity index (χ3n) is 2.93. The topological polar surface area (TPSA) is 26.0 Å². The average Bonchev–Trinajstić information content (AvgIpc) is 2.03. The normalized spacial score (nSPS) is 12.5. The summed E-state index contributed by atoms with van der Waals surface area (Å²) >= 11 is 2.00. The molecule has 0 amide bonds. The zero-order valence-electron chi connectivity index (χ0n) is 9.60. The van der Waals surface area contributed by atoms with Crippen LogP contribution in [0.4, 0.5) is 0 Å². The highest BCUT2D eigenvalue weighted by molar-refractivity contribution is 7.99. The molecule has 0 radical (unpaired) electrons. The number of rotatable bonds is 7. The fourth-order valence-electron chi connectivity index (χ4n) is 1.10. The number of nitrogens with two attached hydrogens (primary N) is 1. The molecule has 0 bridgehead atoms. The largest absolute Gasteiger partial charge is 0.330 e. The first-order valence-corrected chi connectivity index (χ1v) is 9.72. The van der Waals surface area contributed by atoms with E-state index in [1.54, 1.807) is 0 Å². The van der Waals surface area contributed by atoms with Gasteiger partial charge in [-0.2, -0.15) is 11.8 Å². The molecular formula is C10H25NSSi. The van der Waals surface area contributed by atoms with Crippen molar-refractivity contribution in [1.29, 1.82) is 0 Å². The van der Waals surface area contributed by atoms with Gasteiger partial charge in [0.2, 0.25) is 0 Å². The third kappa shape index (κ3) is 6.58. The lowest BCUT2D eigenvalue weighted by atomic mass is 10.5.